The number of carbonyl (C=O) groups is 1. The van der Waals surface area contributed by atoms with E-state index >= 15 is 0 Å². The summed E-state index contributed by atoms with van der Waals surface area (Å²) in [7, 11) is 0. The Bertz CT molecular complexity index is 758. The number of nitrogens with zero attached hydrogens (tertiary/aromatic N) is 1. The second-order valence-corrected chi connectivity index (χ2v) is 7.59. The summed E-state index contributed by atoms with van der Waals surface area (Å²) in [6.45, 7) is 4.45. The summed E-state index contributed by atoms with van der Waals surface area (Å²) in [5.41, 5.74) is 3.02. The molecule has 138 valence electrons. The van der Waals surface area contributed by atoms with E-state index < -0.39 is 0 Å². The summed E-state index contributed by atoms with van der Waals surface area (Å²) in [5, 5.41) is 4.48. The molecule has 1 heterocycles. The van der Waals surface area contributed by atoms with E-state index in [4.69, 9.17) is 23.2 Å². The van der Waals surface area contributed by atoms with Gasteiger partial charge in [-0.15, -0.1) is 0 Å². The van der Waals surface area contributed by atoms with Gasteiger partial charge in [-0.25, -0.2) is 0 Å². The lowest BCUT2D eigenvalue weighted by molar-refractivity contribution is -0.121. The lowest BCUT2D eigenvalue weighted by Gasteiger charge is -2.32. The Hall–Kier alpha value is -1.55. The molecule has 0 spiro atoms. The van der Waals surface area contributed by atoms with Gasteiger partial charge in [0.15, 0.2) is 0 Å². The fourth-order valence-corrected chi connectivity index (χ4v) is 4.02. The van der Waals surface area contributed by atoms with E-state index in [1.807, 2.05) is 36.4 Å². The molecule has 0 aromatic heterocycles. The molecule has 1 atom stereocenters. The molecule has 1 fully saturated rings. The van der Waals surface area contributed by atoms with Gasteiger partial charge in [0.25, 0.3) is 0 Å². The number of carbonyl (C=O) groups excluding carboxylic acids is 1. The van der Waals surface area contributed by atoms with Crippen molar-refractivity contribution < 1.29 is 4.79 Å². The van der Waals surface area contributed by atoms with E-state index in [1.54, 1.807) is 0 Å². The minimum absolute atomic E-state index is 0.0186. The lowest BCUT2D eigenvalue weighted by Crippen LogP contribution is -2.40. The Morgan fingerprint density at radius 3 is 2.62 bits per heavy atom. The van der Waals surface area contributed by atoms with Gasteiger partial charge in [0.1, 0.15) is 0 Å². The Balaban J connectivity index is 1.65. The third kappa shape index (κ3) is 4.59. The summed E-state index contributed by atoms with van der Waals surface area (Å²) in [4.78, 5) is 15.0. The van der Waals surface area contributed by atoms with E-state index in [0.29, 0.717) is 16.6 Å². The van der Waals surface area contributed by atoms with Gasteiger partial charge in [0.2, 0.25) is 5.91 Å². The van der Waals surface area contributed by atoms with Crippen molar-refractivity contribution in [3.05, 3.63) is 63.6 Å². The Morgan fingerprint density at radius 1 is 1.15 bits per heavy atom. The maximum atomic E-state index is 12.8. The molecule has 0 bridgehead atoms. The molecule has 2 aromatic rings. The zero-order valence-corrected chi connectivity index (χ0v) is 16.5. The number of piperidine rings is 1. The minimum atomic E-state index is -0.0186. The quantitative estimate of drug-likeness (QED) is 0.740. The third-order valence-corrected chi connectivity index (χ3v) is 5.68. The summed E-state index contributed by atoms with van der Waals surface area (Å²) in [5.74, 6) is 0.0794. The van der Waals surface area contributed by atoms with E-state index in [2.05, 4.69) is 23.2 Å². The highest BCUT2D eigenvalue weighted by atomic mass is 35.5. The van der Waals surface area contributed by atoms with Crippen molar-refractivity contribution in [1.29, 1.82) is 0 Å². The second kappa shape index (κ2) is 8.90. The van der Waals surface area contributed by atoms with Crippen LogP contribution < -0.4 is 5.32 Å². The molecule has 1 saturated heterocycles. The molecule has 2 aromatic carbocycles. The maximum absolute atomic E-state index is 12.8. The molecular weight excluding hydrogens is 367 g/mol. The molecule has 1 unspecified atom stereocenters. The molecule has 1 amide bonds. The van der Waals surface area contributed by atoms with Crippen LogP contribution in [0.1, 0.15) is 30.9 Å². The lowest BCUT2D eigenvalue weighted by atomic mass is 9.96. The van der Waals surface area contributed by atoms with Gasteiger partial charge in [0, 0.05) is 34.4 Å². The van der Waals surface area contributed by atoms with Crippen LogP contribution in [0, 0.1) is 5.92 Å². The number of rotatable bonds is 5. The first-order valence-electron chi connectivity index (χ1n) is 9.12. The van der Waals surface area contributed by atoms with Crippen LogP contribution in [0.5, 0.6) is 0 Å². The first kappa shape index (κ1) is 19.2. The summed E-state index contributed by atoms with van der Waals surface area (Å²) in [6, 6.07) is 13.6. The highest BCUT2D eigenvalue weighted by molar-refractivity contribution is 6.35. The van der Waals surface area contributed by atoms with Gasteiger partial charge in [0.05, 0.1) is 5.92 Å². The van der Waals surface area contributed by atoms with Gasteiger partial charge in [-0.05, 0) is 49.6 Å². The Kier molecular flexibility index (Phi) is 6.58. The van der Waals surface area contributed by atoms with Crippen molar-refractivity contribution in [2.45, 2.75) is 32.7 Å². The highest BCUT2D eigenvalue weighted by Crippen LogP contribution is 2.28. The SMILES string of the molecule is CCc1ccccc1NC(=O)C1CCCN(Cc2c(Cl)cccc2Cl)C1. The number of hydrogen-bond acceptors (Lipinski definition) is 2. The Labute approximate surface area is 165 Å². The zero-order chi connectivity index (χ0) is 18.5. The summed E-state index contributed by atoms with van der Waals surface area (Å²) in [6.07, 6.45) is 2.81. The molecule has 1 N–H and O–H groups in total. The van der Waals surface area contributed by atoms with E-state index in [9.17, 15) is 4.79 Å². The number of aryl methyl sites for hydroxylation is 1. The monoisotopic (exact) mass is 390 g/mol. The zero-order valence-electron chi connectivity index (χ0n) is 15.0. The molecule has 0 saturated carbocycles. The number of halogens is 2. The predicted octanol–water partition coefficient (Wildman–Crippen LogP) is 5.41. The normalized spacial score (nSPS) is 17.9. The van der Waals surface area contributed by atoms with Crippen LogP contribution >= 0.6 is 23.2 Å². The molecule has 3 nitrogen and oxygen atoms in total. The number of likely N-dealkylation sites (tertiary alicyclic amines) is 1. The standard InChI is InChI=1S/C21H24Cl2N2O/c1-2-15-7-3-4-11-20(15)24-21(26)16-8-6-12-25(13-16)14-17-18(22)9-5-10-19(17)23/h3-5,7,9-11,16H,2,6,8,12-14H2,1H3,(H,24,26). The predicted molar refractivity (Wildman–Crippen MR) is 109 cm³/mol. The van der Waals surface area contributed by atoms with Crippen LogP contribution in [0.4, 0.5) is 5.69 Å². The molecule has 26 heavy (non-hydrogen) atoms. The number of benzene rings is 2. The van der Waals surface area contributed by atoms with Crippen LogP contribution in [0.3, 0.4) is 0 Å². The molecule has 1 aliphatic rings. The van der Waals surface area contributed by atoms with Crippen molar-refractivity contribution in [3.63, 3.8) is 0 Å². The molecule has 1 aliphatic heterocycles. The van der Waals surface area contributed by atoms with Crippen LogP contribution in [0.2, 0.25) is 10.0 Å². The summed E-state index contributed by atoms with van der Waals surface area (Å²) < 4.78 is 0. The molecule has 3 rings (SSSR count). The number of nitrogens with one attached hydrogen (secondary N) is 1. The van der Waals surface area contributed by atoms with Crippen LogP contribution in [-0.4, -0.2) is 23.9 Å². The van der Waals surface area contributed by atoms with Crippen molar-refractivity contribution in [2.24, 2.45) is 5.92 Å². The number of amides is 1. The van der Waals surface area contributed by atoms with Crippen LogP contribution in [0.15, 0.2) is 42.5 Å². The van der Waals surface area contributed by atoms with Crippen molar-refractivity contribution in [2.75, 3.05) is 18.4 Å². The van der Waals surface area contributed by atoms with Crippen molar-refractivity contribution in [3.8, 4) is 0 Å². The topological polar surface area (TPSA) is 32.3 Å². The van der Waals surface area contributed by atoms with E-state index in [-0.39, 0.29) is 11.8 Å². The number of anilines is 1. The second-order valence-electron chi connectivity index (χ2n) is 6.77. The highest BCUT2D eigenvalue weighted by Gasteiger charge is 2.27. The molecule has 0 radical (unpaired) electrons. The van der Waals surface area contributed by atoms with Crippen molar-refractivity contribution in [1.82, 2.24) is 4.90 Å². The average molecular weight is 391 g/mol. The Morgan fingerprint density at radius 2 is 1.88 bits per heavy atom. The summed E-state index contributed by atoms with van der Waals surface area (Å²) >= 11 is 12.6. The largest absolute Gasteiger partial charge is 0.326 e. The smallest absolute Gasteiger partial charge is 0.228 e. The van der Waals surface area contributed by atoms with Gasteiger partial charge in [-0.1, -0.05) is 54.4 Å². The first-order chi connectivity index (χ1) is 12.6. The minimum Gasteiger partial charge on any atom is -0.326 e. The van der Waals surface area contributed by atoms with E-state index in [1.165, 1.54) is 0 Å². The molecular formula is C21H24Cl2N2O. The van der Waals surface area contributed by atoms with Crippen molar-refractivity contribution >= 4 is 34.8 Å². The number of para-hydroxylation sites is 1. The van der Waals surface area contributed by atoms with Crippen LogP contribution in [0.25, 0.3) is 0 Å². The van der Waals surface area contributed by atoms with E-state index in [0.717, 1.165) is 49.2 Å². The molecule has 5 heteroatoms. The maximum Gasteiger partial charge on any atom is 0.228 e. The molecule has 0 aliphatic carbocycles. The number of hydrogen-bond donors (Lipinski definition) is 1. The van der Waals surface area contributed by atoms with Gasteiger partial charge in [-0.3, -0.25) is 9.69 Å². The van der Waals surface area contributed by atoms with Gasteiger partial charge < -0.3 is 5.32 Å². The van der Waals surface area contributed by atoms with Gasteiger partial charge in [-0.2, -0.15) is 0 Å². The first-order valence-corrected chi connectivity index (χ1v) is 9.88. The average Bonchev–Trinajstić information content (AvgIpc) is 2.65. The fourth-order valence-electron chi connectivity index (χ4n) is 3.51. The van der Waals surface area contributed by atoms with Gasteiger partial charge >= 0.3 is 0 Å². The third-order valence-electron chi connectivity index (χ3n) is 4.98. The van der Waals surface area contributed by atoms with Crippen LogP contribution in [-0.2, 0) is 17.8 Å². The fraction of sp³-hybridized carbons (Fsp3) is 0.381.